The topological polar surface area (TPSA) is 111 Å². The molecular weight excluding hydrogens is 371 g/mol. The molecule has 0 unspecified atom stereocenters. The fourth-order valence-corrected chi connectivity index (χ4v) is 2.62. The normalized spacial score (nSPS) is 13.6. The molecule has 3 atom stereocenters. The molecule has 28 heavy (non-hydrogen) atoms. The van der Waals surface area contributed by atoms with Crippen molar-refractivity contribution in [3.8, 4) is 0 Å². The van der Waals surface area contributed by atoms with E-state index >= 15 is 0 Å². The summed E-state index contributed by atoms with van der Waals surface area (Å²) in [4.78, 5) is 47.8. The maximum absolute atomic E-state index is 13.9. The minimum Gasteiger partial charge on any atom is -0.469 e. The van der Waals surface area contributed by atoms with Gasteiger partial charge in [0.1, 0.15) is 17.9 Å². The van der Waals surface area contributed by atoms with E-state index in [2.05, 4.69) is 15.4 Å². The largest absolute Gasteiger partial charge is 0.469 e. The van der Waals surface area contributed by atoms with Crippen molar-refractivity contribution in [3.05, 3.63) is 35.6 Å². The van der Waals surface area contributed by atoms with Crippen LogP contribution in [0.3, 0.4) is 0 Å². The fourth-order valence-electron chi connectivity index (χ4n) is 2.62. The molecule has 0 aliphatic heterocycles. The highest BCUT2D eigenvalue weighted by molar-refractivity contribution is 5.90. The number of amides is 2. The van der Waals surface area contributed by atoms with Gasteiger partial charge in [0.15, 0.2) is 0 Å². The van der Waals surface area contributed by atoms with Crippen LogP contribution in [-0.4, -0.2) is 50.1 Å². The third kappa shape index (κ3) is 6.98. The van der Waals surface area contributed by atoms with Gasteiger partial charge in [-0.15, -0.1) is 0 Å². The zero-order chi connectivity index (χ0) is 21.3. The minimum absolute atomic E-state index is 0.114. The minimum atomic E-state index is -1.14. The first kappa shape index (κ1) is 23.1. The highest BCUT2D eigenvalue weighted by Gasteiger charge is 2.32. The first-order valence-electron chi connectivity index (χ1n) is 8.65. The van der Waals surface area contributed by atoms with Gasteiger partial charge in [0.25, 0.3) is 0 Å². The molecule has 2 N–H and O–H groups in total. The first-order valence-corrected chi connectivity index (χ1v) is 8.65. The second-order valence-electron chi connectivity index (χ2n) is 6.32. The Kier molecular flexibility index (Phi) is 9.07. The molecule has 0 aliphatic carbocycles. The lowest BCUT2D eigenvalue weighted by Gasteiger charge is -2.25. The van der Waals surface area contributed by atoms with Gasteiger partial charge in [-0.2, -0.15) is 0 Å². The molecule has 0 fully saturated rings. The van der Waals surface area contributed by atoms with Crippen LogP contribution in [0.25, 0.3) is 0 Å². The van der Waals surface area contributed by atoms with Crippen LogP contribution in [-0.2, 0) is 35.1 Å². The number of methoxy groups -OCH3 is 2. The monoisotopic (exact) mass is 396 g/mol. The van der Waals surface area contributed by atoms with E-state index in [0.29, 0.717) is 0 Å². The van der Waals surface area contributed by atoms with Gasteiger partial charge in [-0.05, 0) is 17.5 Å². The van der Waals surface area contributed by atoms with E-state index in [1.807, 2.05) is 0 Å². The Morgan fingerprint density at radius 1 is 1.07 bits per heavy atom. The Morgan fingerprint density at radius 2 is 1.71 bits per heavy atom. The summed E-state index contributed by atoms with van der Waals surface area (Å²) in [5.41, 5.74) is 0.230. The molecular formula is C19H25FN2O6. The summed E-state index contributed by atoms with van der Waals surface area (Å²) in [5.74, 6) is -3.65. The number of hydrogen-bond donors (Lipinski definition) is 2. The van der Waals surface area contributed by atoms with Crippen LogP contribution in [0.15, 0.2) is 24.3 Å². The summed E-state index contributed by atoms with van der Waals surface area (Å²) in [6.45, 7) is 2.79. The predicted molar refractivity (Wildman–Crippen MR) is 97.5 cm³/mol. The molecule has 2 amide bonds. The predicted octanol–water partition coefficient (Wildman–Crippen LogP) is 0.730. The number of nitrogens with one attached hydrogen (secondary N) is 2. The van der Waals surface area contributed by atoms with Crippen LogP contribution in [0.1, 0.15) is 25.8 Å². The van der Waals surface area contributed by atoms with E-state index in [-0.39, 0.29) is 18.4 Å². The van der Waals surface area contributed by atoms with E-state index in [9.17, 15) is 23.6 Å². The Hall–Kier alpha value is -2.97. The number of hydrogen-bond acceptors (Lipinski definition) is 6. The van der Waals surface area contributed by atoms with Gasteiger partial charge in [0.05, 0.1) is 20.6 Å². The number of halogens is 1. The van der Waals surface area contributed by atoms with Gasteiger partial charge in [-0.25, -0.2) is 9.18 Å². The smallest absolute Gasteiger partial charge is 0.328 e. The second-order valence-corrected chi connectivity index (χ2v) is 6.32. The number of esters is 2. The number of benzene rings is 1. The molecule has 0 radical (unpaired) electrons. The Labute approximate surface area is 162 Å². The van der Waals surface area contributed by atoms with Gasteiger partial charge < -0.3 is 20.1 Å². The van der Waals surface area contributed by atoms with Crippen molar-refractivity contribution < 1.29 is 33.0 Å². The summed E-state index contributed by atoms with van der Waals surface area (Å²) >= 11 is 0. The van der Waals surface area contributed by atoms with E-state index in [1.54, 1.807) is 13.0 Å². The lowest BCUT2D eigenvalue weighted by Crippen LogP contribution is -2.54. The molecule has 1 aromatic carbocycles. The van der Waals surface area contributed by atoms with Crippen LogP contribution >= 0.6 is 0 Å². The molecule has 0 spiro atoms. The van der Waals surface area contributed by atoms with Crippen molar-refractivity contribution in [2.75, 3.05) is 14.2 Å². The molecule has 154 valence electrons. The van der Waals surface area contributed by atoms with Crippen molar-refractivity contribution >= 4 is 23.8 Å². The number of rotatable bonds is 9. The second kappa shape index (κ2) is 11.0. The maximum Gasteiger partial charge on any atom is 0.328 e. The summed E-state index contributed by atoms with van der Waals surface area (Å²) in [5, 5.41) is 4.93. The van der Waals surface area contributed by atoms with E-state index in [0.717, 1.165) is 7.11 Å². The lowest BCUT2D eigenvalue weighted by atomic mass is 9.97. The van der Waals surface area contributed by atoms with Gasteiger partial charge in [-0.1, -0.05) is 25.1 Å². The van der Waals surface area contributed by atoms with Crippen molar-refractivity contribution in [2.45, 2.75) is 38.8 Å². The fraction of sp³-hybridized carbons (Fsp3) is 0.474. The number of ether oxygens (including phenoxy) is 2. The average Bonchev–Trinajstić information content (AvgIpc) is 2.65. The average molecular weight is 396 g/mol. The van der Waals surface area contributed by atoms with Gasteiger partial charge in [-0.3, -0.25) is 14.4 Å². The van der Waals surface area contributed by atoms with E-state index in [4.69, 9.17) is 4.74 Å². The molecule has 0 saturated carbocycles. The summed E-state index contributed by atoms with van der Waals surface area (Å²) in [6, 6.07) is 3.59. The molecule has 0 heterocycles. The standard InChI is InChI=1S/C19H25FN2O6/c1-11(9-16(24)27-3)17(19(26)28-4)22-18(25)15(21-12(2)23)10-13-7-5-6-8-14(13)20/h5-8,11,15,17H,9-10H2,1-4H3,(H,21,23)(H,22,25)/t11-,15+,17+/m1/s1. The first-order chi connectivity index (χ1) is 13.2. The van der Waals surface area contributed by atoms with Crippen molar-refractivity contribution in [2.24, 2.45) is 5.92 Å². The molecule has 9 heteroatoms. The molecule has 0 aromatic heterocycles. The molecule has 1 aromatic rings. The SMILES string of the molecule is COC(=O)C[C@@H](C)[C@H](NC(=O)[C@H](Cc1ccccc1F)NC(C)=O)C(=O)OC. The van der Waals surface area contributed by atoms with Crippen LogP contribution in [0.5, 0.6) is 0 Å². The van der Waals surface area contributed by atoms with Crippen molar-refractivity contribution in [1.29, 1.82) is 0 Å². The quantitative estimate of drug-likeness (QED) is 0.596. The lowest BCUT2D eigenvalue weighted by molar-refractivity contribution is -0.148. The maximum atomic E-state index is 13.9. The highest BCUT2D eigenvalue weighted by atomic mass is 19.1. The van der Waals surface area contributed by atoms with Crippen LogP contribution in [0.2, 0.25) is 0 Å². The van der Waals surface area contributed by atoms with E-state index < -0.39 is 47.6 Å². The van der Waals surface area contributed by atoms with Crippen LogP contribution < -0.4 is 10.6 Å². The van der Waals surface area contributed by atoms with Crippen LogP contribution in [0, 0.1) is 11.7 Å². The molecule has 1 rings (SSSR count). The molecule has 0 bridgehead atoms. The number of carbonyl (C=O) groups excluding carboxylic acids is 4. The zero-order valence-electron chi connectivity index (χ0n) is 16.3. The Morgan fingerprint density at radius 3 is 2.25 bits per heavy atom. The third-order valence-electron chi connectivity index (χ3n) is 4.11. The van der Waals surface area contributed by atoms with Gasteiger partial charge >= 0.3 is 11.9 Å². The molecule has 0 saturated heterocycles. The summed E-state index contributed by atoms with van der Waals surface area (Å²) < 4.78 is 23.2. The van der Waals surface area contributed by atoms with Crippen LogP contribution in [0.4, 0.5) is 4.39 Å². The van der Waals surface area contributed by atoms with Crippen molar-refractivity contribution in [1.82, 2.24) is 10.6 Å². The third-order valence-corrected chi connectivity index (χ3v) is 4.11. The zero-order valence-corrected chi connectivity index (χ0v) is 16.3. The Bertz CT molecular complexity index is 724. The number of carbonyl (C=O) groups is 4. The van der Waals surface area contributed by atoms with Gasteiger partial charge in [0.2, 0.25) is 11.8 Å². The highest BCUT2D eigenvalue weighted by Crippen LogP contribution is 2.13. The molecule has 8 nitrogen and oxygen atoms in total. The van der Waals surface area contributed by atoms with Gasteiger partial charge in [0, 0.05) is 13.3 Å². The molecule has 0 aliphatic rings. The van der Waals surface area contributed by atoms with Crippen molar-refractivity contribution in [3.63, 3.8) is 0 Å². The Balaban J connectivity index is 3.00. The summed E-state index contributed by atoms with van der Waals surface area (Å²) in [6.07, 6.45) is -0.244. The van der Waals surface area contributed by atoms with E-state index in [1.165, 1.54) is 32.2 Å². The summed E-state index contributed by atoms with van der Waals surface area (Å²) in [7, 11) is 2.36.